The molecule has 15 heavy (non-hydrogen) atoms. The lowest BCUT2D eigenvalue weighted by Gasteiger charge is -2.27. The molecule has 2 nitrogen and oxygen atoms in total. The predicted octanol–water partition coefficient (Wildman–Crippen LogP) is 2.25. The van der Waals surface area contributed by atoms with Gasteiger partial charge in [-0.25, -0.2) is 0 Å². The second-order valence-electron chi connectivity index (χ2n) is 5.49. The van der Waals surface area contributed by atoms with Crippen molar-refractivity contribution in [1.29, 1.82) is 0 Å². The third-order valence-electron chi connectivity index (χ3n) is 3.80. The summed E-state index contributed by atoms with van der Waals surface area (Å²) in [7, 11) is 2.28. The van der Waals surface area contributed by atoms with E-state index in [9.17, 15) is 0 Å². The van der Waals surface area contributed by atoms with Gasteiger partial charge in [0, 0.05) is 25.7 Å². The molecule has 2 fully saturated rings. The summed E-state index contributed by atoms with van der Waals surface area (Å²) < 4.78 is 0. The van der Waals surface area contributed by atoms with Crippen molar-refractivity contribution in [2.75, 3.05) is 26.7 Å². The van der Waals surface area contributed by atoms with Gasteiger partial charge >= 0.3 is 0 Å². The van der Waals surface area contributed by atoms with Crippen LogP contribution in [0.25, 0.3) is 0 Å². The molecular formula is C13H26N2. The molecule has 2 aliphatic carbocycles. The van der Waals surface area contributed by atoms with Crippen LogP contribution in [-0.4, -0.2) is 37.6 Å². The third kappa shape index (κ3) is 4.52. The smallest absolute Gasteiger partial charge is 0.0104 e. The van der Waals surface area contributed by atoms with Gasteiger partial charge in [0.2, 0.25) is 0 Å². The van der Waals surface area contributed by atoms with Crippen molar-refractivity contribution in [3.8, 4) is 0 Å². The summed E-state index contributed by atoms with van der Waals surface area (Å²) in [5.74, 6) is 0.990. The highest BCUT2D eigenvalue weighted by Gasteiger charge is 2.20. The van der Waals surface area contributed by atoms with Crippen LogP contribution in [0, 0.1) is 5.92 Å². The molecule has 0 aliphatic heterocycles. The number of nitrogens with zero attached hydrogens (tertiary/aromatic N) is 1. The molecule has 0 amide bonds. The fourth-order valence-corrected chi connectivity index (χ4v) is 2.65. The van der Waals surface area contributed by atoms with Crippen molar-refractivity contribution in [3.63, 3.8) is 0 Å². The van der Waals surface area contributed by atoms with Crippen molar-refractivity contribution in [2.24, 2.45) is 5.92 Å². The largest absolute Gasteiger partial charge is 0.313 e. The zero-order chi connectivity index (χ0) is 10.5. The first kappa shape index (κ1) is 11.4. The minimum atomic E-state index is 0.869. The van der Waals surface area contributed by atoms with E-state index in [2.05, 4.69) is 17.3 Å². The van der Waals surface area contributed by atoms with Gasteiger partial charge in [0.25, 0.3) is 0 Å². The molecule has 2 saturated carbocycles. The van der Waals surface area contributed by atoms with E-state index in [1.807, 2.05) is 0 Å². The summed E-state index contributed by atoms with van der Waals surface area (Å²) in [6, 6.07) is 0.869. The Hall–Kier alpha value is -0.0800. The van der Waals surface area contributed by atoms with E-state index in [4.69, 9.17) is 0 Å². The number of hydrogen-bond donors (Lipinski definition) is 1. The fraction of sp³-hybridized carbons (Fsp3) is 1.00. The number of nitrogens with one attached hydrogen (secondary N) is 1. The van der Waals surface area contributed by atoms with Crippen molar-refractivity contribution < 1.29 is 0 Å². The van der Waals surface area contributed by atoms with E-state index in [1.165, 1.54) is 64.6 Å². The minimum absolute atomic E-state index is 0.869. The maximum Gasteiger partial charge on any atom is 0.0104 e. The maximum absolute atomic E-state index is 3.58. The fourth-order valence-electron chi connectivity index (χ4n) is 2.65. The van der Waals surface area contributed by atoms with Crippen molar-refractivity contribution in [1.82, 2.24) is 10.2 Å². The monoisotopic (exact) mass is 210 g/mol. The normalized spacial score (nSPS) is 23.6. The first-order valence-corrected chi connectivity index (χ1v) is 6.76. The Morgan fingerprint density at radius 3 is 2.47 bits per heavy atom. The van der Waals surface area contributed by atoms with E-state index in [0.717, 1.165) is 12.0 Å². The second kappa shape index (κ2) is 5.86. The van der Waals surface area contributed by atoms with Crippen LogP contribution in [-0.2, 0) is 0 Å². The SMILES string of the molecule is CN(CCNC1CC1)CC1CCCCC1. The highest BCUT2D eigenvalue weighted by Crippen LogP contribution is 2.24. The van der Waals surface area contributed by atoms with Crippen molar-refractivity contribution in [2.45, 2.75) is 51.0 Å². The summed E-state index contributed by atoms with van der Waals surface area (Å²) in [6.45, 7) is 3.74. The summed E-state index contributed by atoms with van der Waals surface area (Å²) in [6.07, 6.45) is 10.2. The lowest BCUT2D eigenvalue weighted by Crippen LogP contribution is -2.34. The topological polar surface area (TPSA) is 15.3 Å². The van der Waals surface area contributed by atoms with Gasteiger partial charge in [-0.1, -0.05) is 19.3 Å². The van der Waals surface area contributed by atoms with Crippen molar-refractivity contribution in [3.05, 3.63) is 0 Å². The number of hydrogen-bond acceptors (Lipinski definition) is 2. The molecule has 0 spiro atoms. The summed E-state index contributed by atoms with van der Waals surface area (Å²) >= 11 is 0. The standard InChI is InChI=1S/C13H26N2/c1-15(10-9-14-13-7-8-13)11-12-5-3-2-4-6-12/h12-14H,2-11H2,1H3. The van der Waals surface area contributed by atoms with Crippen molar-refractivity contribution >= 4 is 0 Å². The highest BCUT2D eigenvalue weighted by atomic mass is 15.1. The third-order valence-corrected chi connectivity index (χ3v) is 3.80. The quantitative estimate of drug-likeness (QED) is 0.723. The van der Waals surface area contributed by atoms with Gasteiger partial charge in [-0.05, 0) is 38.6 Å². The van der Waals surface area contributed by atoms with Gasteiger partial charge in [0.15, 0.2) is 0 Å². The molecule has 0 aromatic rings. The predicted molar refractivity (Wildman–Crippen MR) is 65.1 cm³/mol. The number of likely N-dealkylation sites (N-methyl/N-ethyl adjacent to an activating group) is 1. The molecule has 0 atom stereocenters. The van der Waals surface area contributed by atoms with Gasteiger partial charge in [-0.3, -0.25) is 0 Å². The lowest BCUT2D eigenvalue weighted by molar-refractivity contribution is 0.233. The average Bonchev–Trinajstić information content (AvgIpc) is 3.03. The Labute approximate surface area is 94.4 Å². The average molecular weight is 210 g/mol. The zero-order valence-electron chi connectivity index (χ0n) is 10.2. The van der Waals surface area contributed by atoms with Gasteiger partial charge < -0.3 is 10.2 Å². The molecule has 0 bridgehead atoms. The molecule has 2 heteroatoms. The van der Waals surface area contributed by atoms with E-state index in [0.29, 0.717) is 0 Å². The molecule has 2 rings (SSSR count). The zero-order valence-corrected chi connectivity index (χ0v) is 10.2. The molecule has 0 unspecified atom stereocenters. The van der Waals surface area contributed by atoms with Crippen LogP contribution in [0.2, 0.25) is 0 Å². The molecular weight excluding hydrogens is 184 g/mol. The Balaban J connectivity index is 1.51. The van der Waals surface area contributed by atoms with Crippen LogP contribution in [0.5, 0.6) is 0 Å². The molecule has 0 saturated heterocycles. The lowest BCUT2D eigenvalue weighted by atomic mass is 9.89. The van der Waals surface area contributed by atoms with Crippen LogP contribution < -0.4 is 5.32 Å². The molecule has 0 aromatic heterocycles. The van der Waals surface area contributed by atoms with Gasteiger partial charge in [-0.2, -0.15) is 0 Å². The summed E-state index contributed by atoms with van der Waals surface area (Å²) in [5.41, 5.74) is 0. The molecule has 1 N–H and O–H groups in total. The first-order chi connectivity index (χ1) is 7.34. The Bertz CT molecular complexity index is 171. The van der Waals surface area contributed by atoms with E-state index >= 15 is 0 Å². The Kier molecular flexibility index (Phi) is 4.45. The van der Waals surface area contributed by atoms with E-state index < -0.39 is 0 Å². The molecule has 2 aliphatic rings. The summed E-state index contributed by atoms with van der Waals surface area (Å²) in [5, 5.41) is 3.58. The van der Waals surface area contributed by atoms with Gasteiger partial charge in [-0.15, -0.1) is 0 Å². The van der Waals surface area contributed by atoms with Gasteiger partial charge in [0.05, 0.1) is 0 Å². The molecule has 0 heterocycles. The Morgan fingerprint density at radius 1 is 1.07 bits per heavy atom. The molecule has 0 radical (unpaired) electrons. The van der Waals surface area contributed by atoms with Crippen LogP contribution in [0.4, 0.5) is 0 Å². The first-order valence-electron chi connectivity index (χ1n) is 6.76. The van der Waals surface area contributed by atoms with Crippen LogP contribution in [0.3, 0.4) is 0 Å². The van der Waals surface area contributed by atoms with Crippen LogP contribution in [0.1, 0.15) is 44.9 Å². The van der Waals surface area contributed by atoms with Crippen LogP contribution in [0.15, 0.2) is 0 Å². The maximum atomic E-state index is 3.58. The molecule has 0 aromatic carbocycles. The summed E-state index contributed by atoms with van der Waals surface area (Å²) in [4.78, 5) is 2.52. The van der Waals surface area contributed by atoms with E-state index in [1.54, 1.807) is 0 Å². The number of rotatable bonds is 6. The minimum Gasteiger partial charge on any atom is -0.313 e. The van der Waals surface area contributed by atoms with Crippen LogP contribution >= 0.6 is 0 Å². The van der Waals surface area contributed by atoms with Gasteiger partial charge in [0.1, 0.15) is 0 Å². The second-order valence-corrected chi connectivity index (χ2v) is 5.49. The highest BCUT2D eigenvalue weighted by molar-refractivity contribution is 4.81. The van der Waals surface area contributed by atoms with E-state index in [-0.39, 0.29) is 0 Å². The Morgan fingerprint density at radius 2 is 1.80 bits per heavy atom. The molecule has 88 valence electrons.